The predicted molar refractivity (Wildman–Crippen MR) is 154 cm³/mol. The molecule has 6 nitrogen and oxygen atoms in total. The Balaban J connectivity index is 1.45. The van der Waals surface area contributed by atoms with E-state index in [2.05, 4.69) is 49.4 Å². The highest BCUT2D eigenvalue weighted by atomic mass is 32.2. The van der Waals surface area contributed by atoms with Crippen LogP contribution < -0.4 is 5.84 Å². The molecule has 0 unspecified atom stereocenters. The van der Waals surface area contributed by atoms with E-state index in [1.807, 2.05) is 60.7 Å². The van der Waals surface area contributed by atoms with E-state index in [0.717, 1.165) is 22.4 Å². The molecule has 1 saturated heterocycles. The Labute approximate surface area is 234 Å². The lowest BCUT2D eigenvalue weighted by Crippen LogP contribution is -2.47. The average Bonchev–Trinajstić information content (AvgIpc) is 3.48. The van der Waals surface area contributed by atoms with Crippen LogP contribution in [0.1, 0.15) is 40.3 Å². The monoisotopic (exact) mass is 539 g/mol. The van der Waals surface area contributed by atoms with Gasteiger partial charge >= 0.3 is 0 Å². The maximum absolute atomic E-state index is 9.56. The molecule has 39 heavy (non-hydrogen) atoms. The van der Waals surface area contributed by atoms with Crippen LogP contribution in [0.4, 0.5) is 0 Å². The number of benzene rings is 3. The van der Waals surface area contributed by atoms with E-state index >= 15 is 0 Å². The summed E-state index contributed by atoms with van der Waals surface area (Å²) < 4.78 is 21.2. The summed E-state index contributed by atoms with van der Waals surface area (Å²) in [6.45, 7) is 3.97. The van der Waals surface area contributed by atoms with Crippen LogP contribution in [0.15, 0.2) is 103 Å². The summed E-state index contributed by atoms with van der Waals surface area (Å²) in [5, 5.41) is 9.36. The van der Waals surface area contributed by atoms with Crippen LogP contribution >= 0.6 is 11.8 Å². The van der Waals surface area contributed by atoms with Crippen LogP contribution in [-0.4, -0.2) is 28.2 Å². The van der Waals surface area contributed by atoms with Crippen molar-refractivity contribution >= 4 is 11.8 Å². The number of nitrogens with zero attached hydrogens (tertiary/aromatic N) is 2. The standard InChI is InChI=1S/C32H33N3O3S/c1-32(38-22-26-15-9-4-10-16-26)30(37-21-25-13-7-3-8-14-25)29(23-36-20-24-11-5-2-6-12-24)39-31(32)28-18-17-27(19-33)35(28)34/h2-18,29-31H,20-23,34H2,1H3/t29-,30-,31+,32-/m1/s1. The van der Waals surface area contributed by atoms with Gasteiger partial charge in [0.1, 0.15) is 23.5 Å². The molecule has 3 aromatic carbocycles. The first-order chi connectivity index (χ1) is 19.1. The molecule has 0 saturated carbocycles. The third-order valence-corrected chi connectivity index (χ3v) is 8.84. The Morgan fingerprint density at radius 1 is 0.821 bits per heavy atom. The first-order valence-electron chi connectivity index (χ1n) is 13.1. The molecule has 1 aliphatic rings. The lowest BCUT2D eigenvalue weighted by atomic mass is 9.90. The molecule has 4 atom stereocenters. The minimum Gasteiger partial charge on any atom is -0.376 e. The lowest BCUT2D eigenvalue weighted by Gasteiger charge is -2.37. The maximum Gasteiger partial charge on any atom is 0.139 e. The van der Waals surface area contributed by atoms with Gasteiger partial charge in [-0.25, -0.2) is 0 Å². The summed E-state index contributed by atoms with van der Waals surface area (Å²) in [5.41, 5.74) is 3.77. The van der Waals surface area contributed by atoms with E-state index in [1.54, 1.807) is 17.8 Å². The quantitative estimate of drug-likeness (QED) is 0.235. The molecule has 0 amide bonds. The molecule has 2 heterocycles. The summed E-state index contributed by atoms with van der Waals surface area (Å²) in [5.74, 6) is 6.41. The number of nitriles is 1. The molecule has 0 radical (unpaired) electrons. The second-order valence-corrected chi connectivity index (χ2v) is 11.2. The topological polar surface area (TPSA) is 82.4 Å². The Morgan fingerprint density at radius 3 is 1.95 bits per heavy atom. The molecule has 0 aliphatic carbocycles. The molecule has 1 fully saturated rings. The maximum atomic E-state index is 9.56. The van der Waals surface area contributed by atoms with Gasteiger partial charge in [-0.2, -0.15) is 5.26 Å². The average molecular weight is 540 g/mol. The number of thioether (sulfide) groups is 1. The largest absolute Gasteiger partial charge is 0.376 e. The van der Waals surface area contributed by atoms with Crippen molar-refractivity contribution in [2.45, 2.75) is 48.9 Å². The Morgan fingerprint density at radius 2 is 1.38 bits per heavy atom. The zero-order valence-corrected chi connectivity index (χ0v) is 22.8. The second kappa shape index (κ2) is 12.5. The molecular formula is C32H33N3O3S. The van der Waals surface area contributed by atoms with Crippen molar-refractivity contribution in [1.82, 2.24) is 4.68 Å². The molecule has 0 spiro atoms. The van der Waals surface area contributed by atoms with E-state index in [1.165, 1.54) is 4.68 Å². The molecule has 5 rings (SSSR count). The normalized spacial score (nSPS) is 22.5. The first-order valence-corrected chi connectivity index (χ1v) is 14.0. The van der Waals surface area contributed by atoms with Crippen LogP contribution in [0.25, 0.3) is 0 Å². The van der Waals surface area contributed by atoms with Crippen molar-refractivity contribution in [2.24, 2.45) is 0 Å². The summed E-state index contributed by atoms with van der Waals surface area (Å²) in [4.78, 5) is 0. The summed E-state index contributed by atoms with van der Waals surface area (Å²) in [6.07, 6.45) is -0.298. The first kappa shape index (κ1) is 27.0. The van der Waals surface area contributed by atoms with Crippen molar-refractivity contribution < 1.29 is 14.2 Å². The molecule has 2 N–H and O–H groups in total. The van der Waals surface area contributed by atoms with Gasteiger partial charge in [-0.15, -0.1) is 11.8 Å². The van der Waals surface area contributed by atoms with Crippen LogP contribution in [-0.2, 0) is 34.0 Å². The van der Waals surface area contributed by atoms with Crippen molar-refractivity contribution in [3.8, 4) is 6.07 Å². The number of hydrogen-bond donors (Lipinski definition) is 1. The van der Waals surface area contributed by atoms with Gasteiger partial charge in [-0.1, -0.05) is 91.0 Å². The molecule has 1 aromatic heterocycles. The van der Waals surface area contributed by atoms with Gasteiger partial charge in [0, 0.05) is 0 Å². The van der Waals surface area contributed by atoms with E-state index in [4.69, 9.17) is 20.1 Å². The smallest absolute Gasteiger partial charge is 0.139 e. The molecule has 7 heteroatoms. The zero-order chi connectivity index (χ0) is 27.1. The number of rotatable bonds is 11. The minimum atomic E-state index is -0.752. The zero-order valence-electron chi connectivity index (χ0n) is 22.0. The summed E-state index contributed by atoms with van der Waals surface area (Å²) in [6, 6.07) is 36.3. The third-order valence-electron chi connectivity index (χ3n) is 7.13. The highest BCUT2D eigenvalue weighted by molar-refractivity contribution is 8.00. The number of nitrogens with two attached hydrogens (primary N) is 1. The van der Waals surface area contributed by atoms with Crippen LogP contribution in [0.5, 0.6) is 0 Å². The number of nitrogen functional groups attached to an aromatic ring is 1. The number of ether oxygens (including phenoxy) is 3. The van der Waals surface area contributed by atoms with E-state index < -0.39 is 5.60 Å². The van der Waals surface area contributed by atoms with E-state index in [0.29, 0.717) is 32.1 Å². The van der Waals surface area contributed by atoms with Gasteiger partial charge in [-0.05, 0) is 35.7 Å². The van der Waals surface area contributed by atoms with Crippen LogP contribution in [0, 0.1) is 11.3 Å². The highest BCUT2D eigenvalue weighted by Crippen LogP contribution is 2.55. The fraction of sp³-hybridized carbons (Fsp3) is 0.281. The number of aromatic nitrogens is 1. The van der Waals surface area contributed by atoms with Crippen LogP contribution in [0.3, 0.4) is 0 Å². The molecule has 0 bridgehead atoms. The van der Waals surface area contributed by atoms with Gasteiger partial charge in [0.15, 0.2) is 0 Å². The van der Waals surface area contributed by atoms with E-state index in [9.17, 15) is 5.26 Å². The molecule has 4 aromatic rings. The lowest BCUT2D eigenvalue weighted by molar-refractivity contribution is -0.146. The SMILES string of the molecule is C[C@@]1(OCc2ccccc2)[C@H](OCc2ccccc2)[C@@H](COCc2ccccc2)S[C@H]1c1ccc(C#N)n1N. The Kier molecular flexibility index (Phi) is 8.70. The molecule has 1 aliphatic heterocycles. The summed E-state index contributed by atoms with van der Waals surface area (Å²) >= 11 is 1.74. The minimum absolute atomic E-state index is 0.0244. The molecular weight excluding hydrogens is 506 g/mol. The second-order valence-electron chi connectivity index (χ2n) is 9.86. The van der Waals surface area contributed by atoms with Crippen molar-refractivity contribution in [2.75, 3.05) is 12.4 Å². The van der Waals surface area contributed by atoms with Gasteiger partial charge in [-0.3, -0.25) is 4.68 Å². The van der Waals surface area contributed by atoms with Crippen LogP contribution in [0.2, 0.25) is 0 Å². The Hall–Kier alpha value is -3.54. The van der Waals surface area contributed by atoms with Crippen molar-refractivity contribution in [1.29, 1.82) is 5.26 Å². The van der Waals surface area contributed by atoms with Gasteiger partial charge in [0.2, 0.25) is 0 Å². The number of hydrogen-bond acceptors (Lipinski definition) is 6. The Bertz CT molecular complexity index is 1370. The fourth-order valence-corrected chi connectivity index (χ4v) is 6.85. The summed E-state index contributed by atoms with van der Waals surface area (Å²) in [7, 11) is 0. The molecule has 200 valence electrons. The van der Waals surface area contributed by atoms with E-state index in [-0.39, 0.29) is 16.6 Å². The predicted octanol–water partition coefficient (Wildman–Crippen LogP) is 6.01. The highest BCUT2D eigenvalue weighted by Gasteiger charge is 2.56. The van der Waals surface area contributed by atoms with Gasteiger partial charge in [0.05, 0.1) is 42.6 Å². The third kappa shape index (κ3) is 6.21. The van der Waals surface area contributed by atoms with Gasteiger partial charge < -0.3 is 20.1 Å². The van der Waals surface area contributed by atoms with Gasteiger partial charge in [0.25, 0.3) is 0 Å². The fourth-order valence-electron chi connectivity index (χ4n) is 5.03. The van der Waals surface area contributed by atoms with Crippen molar-refractivity contribution in [3.05, 3.63) is 131 Å². The van der Waals surface area contributed by atoms with Crippen molar-refractivity contribution in [3.63, 3.8) is 0 Å².